The number of piperidine rings is 1. The van der Waals surface area contributed by atoms with Gasteiger partial charge in [-0.1, -0.05) is 50.3 Å². The quantitative estimate of drug-likeness (QED) is 0.659. The van der Waals surface area contributed by atoms with Gasteiger partial charge in [0.05, 0.1) is 12.2 Å². The summed E-state index contributed by atoms with van der Waals surface area (Å²) in [7, 11) is 0. The Balaban J connectivity index is 1.66. The Morgan fingerprint density at radius 2 is 1.83 bits per heavy atom. The molecule has 2 nitrogen and oxygen atoms in total. The molecule has 2 heterocycles. The first-order valence-electron chi connectivity index (χ1n) is 9.24. The zero-order chi connectivity index (χ0) is 16.2. The summed E-state index contributed by atoms with van der Waals surface area (Å²) < 4.78 is 6.64. The van der Waals surface area contributed by atoms with Crippen molar-refractivity contribution >= 4 is 0 Å². The van der Waals surface area contributed by atoms with Crippen LogP contribution < -0.4 is 0 Å². The molecule has 0 amide bonds. The number of benzene rings is 1. The Bertz CT molecular complexity index is 484. The van der Waals surface area contributed by atoms with Gasteiger partial charge in [0, 0.05) is 18.6 Å². The van der Waals surface area contributed by atoms with Gasteiger partial charge in [-0.15, -0.1) is 6.58 Å². The van der Waals surface area contributed by atoms with Crippen LogP contribution in [0.25, 0.3) is 0 Å². The third-order valence-corrected chi connectivity index (χ3v) is 5.39. The van der Waals surface area contributed by atoms with Crippen LogP contribution in [0.3, 0.4) is 0 Å². The molecule has 2 fully saturated rings. The van der Waals surface area contributed by atoms with Gasteiger partial charge in [-0.25, -0.2) is 0 Å². The van der Waals surface area contributed by atoms with Crippen LogP contribution in [-0.2, 0) is 4.74 Å². The smallest absolute Gasteiger partial charge is 0.0831 e. The van der Waals surface area contributed by atoms with Crippen LogP contribution in [0.1, 0.15) is 57.6 Å². The molecule has 0 radical (unpaired) electrons. The third kappa shape index (κ3) is 4.05. The summed E-state index contributed by atoms with van der Waals surface area (Å²) in [5.74, 6) is 0.651. The summed E-state index contributed by atoms with van der Waals surface area (Å²) in [6.07, 6.45) is 8.85. The molecule has 0 saturated carbocycles. The number of nitrogens with zero attached hydrogens (tertiary/aromatic N) is 1. The second kappa shape index (κ2) is 7.63. The van der Waals surface area contributed by atoms with E-state index in [4.69, 9.17) is 4.74 Å². The predicted octanol–water partition coefficient (Wildman–Crippen LogP) is 4.97. The molecule has 1 aromatic carbocycles. The van der Waals surface area contributed by atoms with Crippen molar-refractivity contribution in [1.82, 2.24) is 4.90 Å². The zero-order valence-electron chi connectivity index (χ0n) is 14.7. The molecule has 0 aromatic heterocycles. The molecule has 0 N–H and O–H groups in total. The van der Waals surface area contributed by atoms with Gasteiger partial charge in [0.2, 0.25) is 0 Å². The Hall–Kier alpha value is -1.12. The van der Waals surface area contributed by atoms with Crippen LogP contribution in [0.4, 0.5) is 0 Å². The highest BCUT2D eigenvalue weighted by molar-refractivity contribution is 5.17. The van der Waals surface area contributed by atoms with Crippen molar-refractivity contribution < 1.29 is 4.74 Å². The van der Waals surface area contributed by atoms with Gasteiger partial charge in [0.25, 0.3) is 0 Å². The van der Waals surface area contributed by atoms with Crippen LogP contribution in [0.5, 0.6) is 0 Å². The van der Waals surface area contributed by atoms with Crippen molar-refractivity contribution in [3.63, 3.8) is 0 Å². The predicted molar refractivity (Wildman–Crippen MR) is 96.5 cm³/mol. The average molecular weight is 313 g/mol. The molecule has 126 valence electrons. The fraction of sp³-hybridized carbons (Fsp3) is 0.619. The van der Waals surface area contributed by atoms with Gasteiger partial charge in [0.15, 0.2) is 0 Å². The van der Waals surface area contributed by atoms with Crippen LogP contribution in [0.2, 0.25) is 0 Å². The van der Waals surface area contributed by atoms with Gasteiger partial charge >= 0.3 is 0 Å². The second-order valence-corrected chi connectivity index (χ2v) is 7.63. The Kier molecular flexibility index (Phi) is 5.55. The summed E-state index contributed by atoms with van der Waals surface area (Å²) in [5, 5.41) is 0. The van der Waals surface area contributed by atoms with Crippen molar-refractivity contribution in [1.29, 1.82) is 0 Å². The molecule has 2 heteroatoms. The van der Waals surface area contributed by atoms with Crippen LogP contribution in [0.15, 0.2) is 43.0 Å². The number of fused-ring (bicyclic) bond motifs is 2. The summed E-state index contributed by atoms with van der Waals surface area (Å²) >= 11 is 0. The molecule has 2 saturated heterocycles. The molecule has 1 aromatic rings. The van der Waals surface area contributed by atoms with E-state index in [9.17, 15) is 0 Å². The lowest BCUT2D eigenvalue weighted by Crippen LogP contribution is -2.45. The minimum Gasteiger partial charge on any atom is -0.370 e. The van der Waals surface area contributed by atoms with Crippen molar-refractivity contribution in [3.8, 4) is 0 Å². The van der Waals surface area contributed by atoms with Gasteiger partial charge in [-0.3, -0.25) is 4.90 Å². The van der Waals surface area contributed by atoms with Crippen molar-refractivity contribution in [2.24, 2.45) is 5.92 Å². The molecule has 2 aliphatic rings. The Labute approximate surface area is 141 Å². The standard InChI is InChI=1S/C21H31NO/c1-4-12-22-18-10-11-19(22)15-20(14-18)23-21(13-16(2)3)17-8-6-5-7-9-17/h4-9,16,18-21H,1,10-15H2,2-3H3/t18-,19+,20?,21?. The maximum absolute atomic E-state index is 6.64. The monoisotopic (exact) mass is 313 g/mol. The van der Waals surface area contributed by atoms with Gasteiger partial charge in [0.1, 0.15) is 0 Å². The van der Waals surface area contributed by atoms with Crippen molar-refractivity contribution in [3.05, 3.63) is 48.6 Å². The fourth-order valence-corrected chi connectivity index (χ4v) is 4.38. The molecule has 4 atom stereocenters. The molecule has 0 spiro atoms. The van der Waals surface area contributed by atoms with E-state index in [1.807, 2.05) is 0 Å². The Morgan fingerprint density at radius 3 is 2.39 bits per heavy atom. The van der Waals surface area contributed by atoms with Crippen molar-refractivity contribution in [2.45, 2.75) is 70.2 Å². The summed E-state index contributed by atoms with van der Waals surface area (Å²) in [4.78, 5) is 2.65. The molecule has 2 unspecified atom stereocenters. The highest BCUT2D eigenvalue weighted by Gasteiger charge is 2.41. The first-order valence-corrected chi connectivity index (χ1v) is 9.24. The van der Waals surface area contributed by atoms with Gasteiger partial charge in [-0.05, 0) is 43.6 Å². The average Bonchev–Trinajstić information content (AvgIpc) is 2.78. The normalized spacial score (nSPS) is 28.9. The molecule has 3 rings (SSSR count). The van der Waals surface area contributed by atoms with E-state index in [1.54, 1.807) is 0 Å². The maximum atomic E-state index is 6.64. The lowest BCUT2D eigenvalue weighted by atomic mass is 9.96. The van der Waals surface area contributed by atoms with Crippen LogP contribution in [0, 0.1) is 5.92 Å². The lowest BCUT2D eigenvalue weighted by Gasteiger charge is -2.39. The molecular formula is C21H31NO. The topological polar surface area (TPSA) is 12.5 Å². The summed E-state index contributed by atoms with van der Waals surface area (Å²) in [5.41, 5.74) is 1.34. The van der Waals surface area contributed by atoms with E-state index >= 15 is 0 Å². The minimum atomic E-state index is 0.242. The van der Waals surface area contributed by atoms with E-state index in [1.165, 1.54) is 31.2 Å². The molecule has 23 heavy (non-hydrogen) atoms. The molecule has 2 aliphatic heterocycles. The number of hydrogen-bond acceptors (Lipinski definition) is 2. The number of rotatable bonds is 7. The lowest BCUT2D eigenvalue weighted by molar-refractivity contribution is -0.0670. The third-order valence-electron chi connectivity index (χ3n) is 5.39. The molecular weight excluding hydrogens is 282 g/mol. The second-order valence-electron chi connectivity index (χ2n) is 7.63. The fourth-order valence-electron chi connectivity index (χ4n) is 4.38. The van der Waals surface area contributed by atoms with E-state index in [0.717, 1.165) is 13.0 Å². The first kappa shape index (κ1) is 16.7. The van der Waals surface area contributed by atoms with E-state index in [0.29, 0.717) is 24.1 Å². The highest BCUT2D eigenvalue weighted by Crippen LogP contribution is 2.39. The minimum absolute atomic E-state index is 0.242. The SMILES string of the molecule is C=CCN1[C@@H]2CC[C@H]1CC(OC(CC(C)C)c1ccccc1)C2. The van der Waals surface area contributed by atoms with E-state index in [-0.39, 0.29) is 6.10 Å². The zero-order valence-corrected chi connectivity index (χ0v) is 14.7. The van der Waals surface area contributed by atoms with E-state index < -0.39 is 0 Å². The van der Waals surface area contributed by atoms with Crippen LogP contribution in [-0.4, -0.2) is 29.6 Å². The van der Waals surface area contributed by atoms with Crippen molar-refractivity contribution in [2.75, 3.05) is 6.54 Å². The molecule has 0 aliphatic carbocycles. The van der Waals surface area contributed by atoms with E-state index in [2.05, 4.69) is 61.7 Å². The first-order chi connectivity index (χ1) is 11.2. The Morgan fingerprint density at radius 1 is 1.17 bits per heavy atom. The summed E-state index contributed by atoms with van der Waals surface area (Å²) in [6.45, 7) is 9.53. The number of hydrogen-bond donors (Lipinski definition) is 0. The van der Waals surface area contributed by atoms with Gasteiger partial charge < -0.3 is 4.74 Å². The van der Waals surface area contributed by atoms with Crippen LogP contribution >= 0.6 is 0 Å². The van der Waals surface area contributed by atoms with Gasteiger partial charge in [-0.2, -0.15) is 0 Å². The summed E-state index contributed by atoms with van der Waals surface area (Å²) in [6, 6.07) is 12.2. The highest BCUT2D eigenvalue weighted by atomic mass is 16.5. The largest absolute Gasteiger partial charge is 0.370 e. The maximum Gasteiger partial charge on any atom is 0.0831 e. The molecule has 2 bridgehead atoms. The number of ether oxygens (including phenoxy) is 1.